The van der Waals surface area contributed by atoms with E-state index < -0.39 is 159 Å². The van der Waals surface area contributed by atoms with Crippen LogP contribution in [0, 0.1) is 5.21 Å². The molecule has 0 saturated carbocycles. The minimum Gasteiger partial charge on any atom is -0.623 e. The third kappa shape index (κ3) is 14.5. The van der Waals surface area contributed by atoms with E-state index in [9.17, 15) is 118 Å². The summed E-state index contributed by atoms with van der Waals surface area (Å²) in [6.07, 6.45) is -30.7. The van der Waals surface area contributed by atoms with Gasteiger partial charge in [-0.25, -0.2) is 4.74 Å². The topological polar surface area (TPSA) is 294 Å². The maximum Gasteiger partial charge on any atom is 0.460 e. The fourth-order valence-corrected chi connectivity index (χ4v) is 6.11. The Labute approximate surface area is 388 Å². The van der Waals surface area contributed by atoms with Gasteiger partial charge in [0.15, 0.2) is 24.1 Å². The van der Waals surface area contributed by atoms with Crippen molar-refractivity contribution in [1.29, 1.82) is 0 Å². The van der Waals surface area contributed by atoms with Gasteiger partial charge in [0.2, 0.25) is 5.91 Å². The highest BCUT2D eigenvalue weighted by molar-refractivity contribution is 5.94. The van der Waals surface area contributed by atoms with E-state index in [2.05, 4.69) is 5.32 Å². The van der Waals surface area contributed by atoms with Gasteiger partial charge in [-0.05, 0) is 43.5 Å². The van der Waals surface area contributed by atoms with E-state index in [0.29, 0.717) is 10.3 Å². The number of rotatable bonds is 25. The highest BCUT2D eigenvalue weighted by atomic mass is 19.4. The molecule has 31 heteroatoms. The molecule has 18 nitrogen and oxygen atoms in total. The number of alkyl halides is 13. The van der Waals surface area contributed by atoms with Crippen LogP contribution in [0.15, 0.2) is 24.3 Å². The van der Waals surface area contributed by atoms with Crippen molar-refractivity contribution < 1.29 is 127 Å². The van der Waals surface area contributed by atoms with Crippen molar-refractivity contribution in [3.05, 3.63) is 40.6 Å². The summed E-state index contributed by atoms with van der Waals surface area (Å²) in [5, 5.41) is 98.9. The molecule has 1 saturated heterocycles. The summed E-state index contributed by atoms with van der Waals surface area (Å²) < 4.78 is 188. The van der Waals surface area contributed by atoms with Crippen LogP contribution in [0.2, 0.25) is 0 Å². The molecule has 70 heavy (non-hydrogen) atoms. The second-order valence-electron chi connectivity index (χ2n) is 17.0. The van der Waals surface area contributed by atoms with Gasteiger partial charge in [0, 0.05) is 57.8 Å². The van der Waals surface area contributed by atoms with Gasteiger partial charge in [-0.2, -0.15) is 57.1 Å². The van der Waals surface area contributed by atoms with Gasteiger partial charge < -0.3 is 71.5 Å². The van der Waals surface area contributed by atoms with Crippen LogP contribution >= 0.6 is 0 Å². The first-order valence-electron chi connectivity index (χ1n) is 20.7. The van der Waals surface area contributed by atoms with Crippen LogP contribution in [-0.2, 0) is 19.1 Å². The average Bonchev–Trinajstić information content (AvgIpc) is 3.26. The molecule has 2 rings (SSSR count). The summed E-state index contributed by atoms with van der Waals surface area (Å²) in [7, 11) is 0. The monoisotopic (exact) mass is 1050 g/mol. The number of aliphatic hydroxyl groups is 8. The van der Waals surface area contributed by atoms with E-state index in [-0.39, 0.29) is 24.9 Å². The van der Waals surface area contributed by atoms with Crippen LogP contribution in [0.5, 0.6) is 0 Å². The number of aliphatic hydroxyl groups excluding tert-OH is 8. The van der Waals surface area contributed by atoms with Crippen molar-refractivity contribution in [3.8, 4) is 0 Å². The SMILES string of the molecule is CC(C)(C)/[N+]([O-])=C/c1ccc(C(=O)NCCCCC(NC(=O)[C@H](O)[C@H](O)[C@@H](C[C@H](O)CO)O[C@@H]2O[C@H](CO)[C@H](O)[C@H](O)[C@H]2O)C(=O)NCCC(F)(F)C(F)(F)C(F)(F)C(F)(F)C(F)(F)C(F)(F)F)cc1. The maximum absolute atomic E-state index is 14.5. The first-order chi connectivity index (χ1) is 31.8. The Hall–Kier alpha value is -4.21. The van der Waals surface area contributed by atoms with Crippen LogP contribution in [-0.4, -0.2) is 198 Å². The number of benzene rings is 1. The summed E-state index contributed by atoms with van der Waals surface area (Å²) in [6.45, 7) is 0.631. The van der Waals surface area contributed by atoms with E-state index in [0.717, 1.165) is 0 Å². The zero-order valence-electron chi connectivity index (χ0n) is 36.9. The summed E-state index contributed by atoms with van der Waals surface area (Å²) in [6, 6.07) is 3.40. The quantitative estimate of drug-likeness (QED) is 0.0161. The molecular weight excluding hydrogens is 995 g/mol. The summed E-state index contributed by atoms with van der Waals surface area (Å²) in [5.41, 5.74) is -0.276. The van der Waals surface area contributed by atoms with Crippen LogP contribution in [0.4, 0.5) is 57.1 Å². The van der Waals surface area contributed by atoms with Crippen molar-refractivity contribution in [3.63, 3.8) is 0 Å². The average molecular weight is 1050 g/mol. The van der Waals surface area contributed by atoms with E-state index >= 15 is 0 Å². The number of unbranched alkanes of at least 4 members (excludes halogenated alkanes) is 1. The number of nitrogens with one attached hydrogen (secondary N) is 3. The first kappa shape index (κ1) is 61.9. The third-order valence-corrected chi connectivity index (χ3v) is 10.5. The van der Waals surface area contributed by atoms with Gasteiger partial charge >= 0.3 is 35.8 Å². The Morgan fingerprint density at radius 3 is 1.84 bits per heavy atom. The number of nitrogens with zero attached hydrogens (tertiary/aromatic N) is 1. The van der Waals surface area contributed by atoms with Gasteiger partial charge in [0.25, 0.3) is 11.8 Å². The van der Waals surface area contributed by atoms with E-state index in [4.69, 9.17) is 9.47 Å². The normalized spacial score (nSPS) is 22.4. The van der Waals surface area contributed by atoms with Crippen molar-refractivity contribution >= 4 is 23.9 Å². The van der Waals surface area contributed by atoms with Gasteiger partial charge in [-0.3, -0.25) is 14.4 Å². The lowest BCUT2D eigenvalue weighted by atomic mass is 9.92. The number of hydroxylamine groups is 1. The lowest BCUT2D eigenvalue weighted by Crippen LogP contribution is -2.70. The minimum atomic E-state index is -8.18. The lowest BCUT2D eigenvalue weighted by Gasteiger charge is -2.41. The molecule has 0 aromatic heterocycles. The van der Waals surface area contributed by atoms with Crippen LogP contribution < -0.4 is 16.0 Å². The zero-order valence-corrected chi connectivity index (χ0v) is 36.9. The zero-order chi connectivity index (χ0) is 54.2. The summed E-state index contributed by atoms with van der Waals surface area (Å²) in [5.74, 6) is -42.8. The standard InChI is InChI=1S/C39H53F13N4O14/c1-33(2,3)56(68)15-18-7-9-19(10-8-18)29(65)53-12-5-4-6-21(30(66)54-13-11-34(40,41)35(42,43)36(44,45)37(46,47)38(48,49)39(50,51)52)55-31(67)27(63)24(60)22(14-20(59)16-57)69-32-28(64)26(62)25(61)23(17-58)70-32/h7-10,15,20-28,32,57-64H,4-6,11-14,16-17H2,1-3H3,(H,53,65)(H,54,66)(H,55,67)/b56-15-/t20-,21?,22+,23+,24+,25-,26-,27+,28+,32+/m0/s1. The van der Waals surface area contributed by atoms with E-state index in [1.54, 1.807) is 26.1 Å². The largest absolute Gasteiger partial charge is 0.623 e. The maximum atomic E-state index is 14.5. The molecule has 11 N–H and O–H groups in total. The van der Waals surface area contributed by atoms with Crippen molar-refractivity contribution in [2.45, 2.75) is 155 Å². The lowest BCUT2D eigenvalue weighted by molar-refractivity contribution is -0.530. The van der Waals surface area contributed by atoms with Gasteiger partial charge in [0.1, 0.15) is 36.6 Å². The molecule has 1 unspecified atom stereocenters. The number of carbonyl (C=O) groups excluding carboxylic acids is 3. The summed E-state index contributed by atoms with van der Waals surface area (Å²) in [4.78, 5) is 39.1. The highest BCUT2D eigenvalue weighted by Crippen LogP contribution is 2.60. The minimum absolute atomic E-state index is 0.0840. The number of ether oxygens (including phenoxy) is 2. The molecule has 404 valence electrons. The van der Waals surface area contributed by atoms with Gasteiger partial charge in [-0.15, -0.1) is 0 Å². The van der Waals surface area contributed by atoms with E-state index in [1.165, 1.54) is 35.8 Å². The number of hydrogen-bond donors (Lipinski definition) is 11. The predicted molar refractivity (Wildman–Crippen MR) is 210 cm³/mol. The Balaban J connectivity index is 2.33. The van der Waals surface area contributed by atoms with Crippen LogP contribution in [0.3, 0.4) is 0 Å². The fourth-order valence-electron chi connectivity index (χ4n) is 6.11. The number of amides is 3. The van der Waals surface area contributed by atoms with Crippen molar-refractivity contribution in [2.75, 3.05) is 26.3 Å². The molecule has 0 spiro atoms. The fraction of sp³-hybridized carbons (Fsp3) is 0.744. The van der Waals surface area contributed by atoms with E-state index in [1.807, 2.05) is 0 Å². The molecule has 1 aromatic rings. The molecule has 0 aliphatic carbocycles. The Bertz CT molecular complexity index is 1910. The second-order valence-corrected chi connectivity index (χ2v) is 17.0. The number of halogens is 13. The summed E-state index contributed by atoms with van der Waals surface area (Å²) >= 11 is 0. The number of hydrogen-bond acceptors (Lipinski definition) is 14. The molecule has 0 bridgehead atoms. The molecule has 1 aromatic carbocycles. The number of carbonyl (C=O) groups is 3. The molecule has 1 heterocycles. The molecule has 1 aliphatic rings. The Morgan fingerprint density at radius 1 is 0.771 bits per heavy atom. The predicted octanol–water partition coefficient (Wildman–Crippen LogP) is 0.695. The van der Waals surface area contributed by atoms with Crippen molar-refractivity contribution in [1.82, 2.24) is 16.0 Å². The Kier molecular flexibility index (Phi) is 21.2. The Morgan fingerprint density at radius 2 is 1.33 bits per heavy atom. The molecular formula is C39H53F13N4O14. The van der Waals surface area contributed by atoms with Gasteiger partial charge in [0.05, 0.1) is 25.4 Å². The third-order valence-electron chi connectivity index (χ3n) is 10.5. The van der Waals surface area contributed by atoms with Crippen LogP contribution in [0.1, 0.15) is 68.8 Å². The smallest absolute Gasteiger partial charge is 0.460 e. The van der Waals surface area contributed by atoms with Gasteiger partial charge in [-0.1, -0.05) is 0 Å². The highest BCUT2D eigenvalue weighted by Gasteiger charge is 2.90. The van der Waals surface area contributed by atoms with Crippen LogP contribution in [0.25, 0.3) is 0 Å². The first-order valence-corrected chi connectivity index (χ1v) is 20.7. The van der Waals surface area contributed by atoms with Crippen molar-refractivity contribution in [2.24, 2.45) is 0 Å². The molecule has 10 atom stereocenters. The molecule has 3 amide bonds. The molecule has 1 fully saturated rings. The molecule has 1 aliphatic heterocycles. The molecule has 0 radical (unpaired) electrons. The second kappa shape index (κ2) is 24.0.